The number of para-hydroxylation sites is 1. The molecule has 2 aromatic carbocycles. The molecule has 2 aliphatic heterocycles. The molecule has 0 bridgehead atoms. The molecular formula is C24H27NO3. The topological polar surface area (TPSA) is 38.8 Å². The largest absolute Gasteiger partial charge is 0.490 e. The molecule has 2 heterocycles. The van der Waals surface area contributed by atoms with E-state index in [2.05, 4.69) is 49.4 Å². The van der Waals surface area contributed by atoms with Crippen LogP contribution in [0.4, 0.5) is 4.79 Å². The summed E-state index contributed by atoms with van der Waals surface area (Å²) >= 11 is 0. The van der Waals surface area contributed by atoms with Crippen molar-refractivity contribution < 1.29 is 14.3 Å². The van der Waals surface area contributed by atoms with Crippen LogP contribution in [0.25, 0.3) is 5.57 Å². The first kappa shape index (κ1) is 18.6. The number of rotatable bonds is 1. The fourth-order valence-corrected chi connectivity index (χ4v) is 4.24. The van der Waals surface area contributed by atoms with Gasteiger partial charge in [0.2, 0.25) is 0 Å². The molecule has 0 radical (unpaired) electrons. The van der Waals surface area contributed by atoms with Gasteiger partial charge in [-0.2, -0.15) is 0 Å². The van der Waals surface area contributed by atoms with Gasteiger partial charge in [-0.1, -0.05) is 48.0 Å². The third-order valence-corrected chi connectivity index (χ3v) is 5.53. The summed E-state index contributed by atoms with van der Waals surface area (Å²) in [4.78, 5) is 13.9. The Hall–Kier alpha value is -2.75. The summed E-state index contributed by atoms with van der Waals surface area (Å²) < 4.78 is 11.5. The van der Waals surface area contributed by atoms with Crippen LogP contribution in [0.15, 0.2) is 54.1 Å². The summed E-state index contributed by atoms with van der Waals surface area (Å²) in [5, 5.41) is 0. The molecule has 146 valence electrons. The van der Waals surface area contributed by atoms with Crippen molar-refractivity contribution in [2.45, 2.75) is 39.2 Å². The molecule has 0 aliphatic carbocycles. The maximum absolute atomic E-state index is 12.1. The van der Waals surface area contributed by atoms with Crippen LogP contribution in [-0.2, 0) is 11.2 Å². The van der Waals surface area contributed by atoms with Crippen LogP contribution in [0, 0.1) is 0 Å². The number of carbonyl (C=O) groups is 1. The SMILES string of the molecule is CCOC(=O)N1CCC(=C2c3ccccc3C[C@H](C)Oc3ccccc32)CC1. The maximum atomic E-state index is 12.1. The van der Waals surface area contributed by atoms with Crippen LogP contribution in [0.3, 0.4) is 0 Å². The predicted octanol–water partition coefficient (Wildman–Crippen LogP) is 5.06. The van der Waals surface area contributed by atoms with Crippen molar-refractivity contribution in [3.05, 3.63) is 70.8 Å². The minimum absolute atomic E-state index is 0.125. The van der Waals surface area contributed by atoms with Gasteiger partial charge in [-0.3, -0.25) is 0 Å². The number of piperidine rings is 1. The normalized spacial score (nSPS) is 19.1. The first-order chi connectivity index (χ1) is 13.7. The van der Waals surface area contributed by atoms with Gasteiger partial charge in [0.25, 0.3) is 0 Å². The van der Waals surface area contributed by atoms with Crippen LogP contribution in [0.1, 0.15) is 43.4 Å². The number of carbonyl (C=O) groups excluding carboxylic acids is 1. The Balaban J connectivity index is 1.77. The second-order valence-corrected chi connectivity index (χ2v) is 7.45. The number of amides is 1. The lowest BCUT2D eigenvalue weighted by atomic mass is 9.84. The number of likely N-dealkylation sites (tertiary alicyclic amines) is 1. The number of hydrogen-bond donors (Lipinski definition) is 0. The Kier molecular flexibility index (Phi) is 5.38. The zero-order valence-corrected chi connectivity index (χ0v) is 16.6. The van der Waals surface area contributed by atoms with E-state index in [9.17, 15) is 4.79 Å². The van der Waals surface area contributed by atoms with Gasteiger partial charge in [0, 0.05) is 25.1 Å². The molecule has 0 unspecified atom stereocenters. The molecule has 0 aromatic heterocycles. The Bertz CT molecular complexity index is 841. The van der Waals surface area contributed by atoms with Gasteiger partial charge < -0.3 is 14.4 Å². The highest BCUT2D eigenvalue weighted by Gasteiger charge is 2.26. The molecule has 4 rings (SSSR count). The molecule has 0 spiro atoms. The molecule has 1 atom stereocenters. The van der Waals surface area contributed by atoms with Crippen LogP contribution in [0.5, 0.6) is 5.75 Å². The van der Waals surface area contributed by atoms with Crippen LogP contribution < -0.4 is 4.74 Å². The van der Waals surface area contributed by atoms with E-state index in [-0.39, 0.29) is 12.2 Å². The molecule has 0 saturated carbocycles. The smallest absolute Gasteiger partial charge is 0.409 e. The van der Waals surface area contributed by atoms with Crippen molar-refractivity contribution in [2.24, 2.45) is 0 Å². The number of fused-ring (bicyclic) bond motifs is 2. The van der Waals surface area contributed by atoms with Gasteiger partial charge in [0.15, 0.2) is 0 Å². The number of benzene rings is 2. The van der Waals surface area contributed by atoms with Gasteiger partial charge in [0.1, 0.15) is 5.75 Å². The van der Waals surface area contributed by atoms with Gasteiger partial charge in [0.05, 0.1) is 12.7 Å². The summed E-state index contributed by atoms with van der Waals surface area (Å²) in [5.74, 6) is 0.944. The van der Waals surface area contributed by atoms with Crippen LogP contribution in [0.2, 0.25) is 0 Å². The lowest BCUT2D eigenvalue weighted by molar-refractivity contribution is 0.104. The third-order valence-electron chi connectivity index (χ3n) is 5.53. The number of ether oxygens (including phenoxy) is 2. The van der Waals surface area contributed by atoms with Gasteiger partial charge in [-0.15, -0.1) is 0 Å². The molecule has 2 aliphatic rings. The minimum Gasteiger partial charge on any atom is -0.490 e. The Morgan fingerprint density at radius 2 is 1.75 bits per heavy atom. The summed E-state index contributed by atoms with van der Waals surface area (Å²) in [6.45, 7) is 5.78. The lowest BCUT2D eigenvalue weighted by Crippen LogP contribution is -2.37. The van der Waals surface area contributed by atoms with Crippen LogP contribution >= 0.6 is 0 Å². The quantitative estimate of drug-likeness (QED) is 0.697. The van der Waals surface area contributed by atoms with Crippen molar-refractivity contribution >= 4 is 11.7 Å². The van der Waals surface area contributed by atoms with E-state index in [0.29, 0.717) is 19.7 Å². The number of nitrogens with zero attached hydrogens (tertiary/aromatic N) is 1. The molecule has 0 N–H and O–H groups in total. The van der Waals surface area contributed by atoms with Crippen molar-refractivity contribution in [2.75, 3.05) is 19.7 Å². The molecule has 4 heteroatoms. The molecule has 2 aromatic rings. The zero-order valence-electron chi connectivity index (χ0n) is 16.6. The molecule has 1 amide bonds. The van der Waals surface area contributed by atoms with Crippen LogP contribution in [-0.4, -0.2) is 36.8 Å². The third kappa shape index (κ3) is 3.64. The zero-order chi connectivity index (χ0) is 19.5. The van der Waals surface area contributed by atoms with E-state index >= 15 is 0 Å². The first-order valence-corrected chi connectivity index (χ1v) is 10.2. The highest BCUT2D eigenvalue weighted by Crippen LogP contribution is 2.40. The van der Waals surface area contributed by atoms with E-state index in [1.54, 1.807) is 0 Å². The Morgan fingerprint density at radius 1 is 1.07 bits per heavy atom. The van der Waals surface area contributed by atoms with E-state index in [1.165, 1.54) is 22.3 Å². The average molecular weight is 377 g/mol. The molecule has 1 fully saturated rings. The first-order valence-electron chi connectivity index (χ1n) is 10.2. The van der Waals surface area contributed by atoms with E-state index in [0.717, 1.165) is 30.6 Å². The summed E-state index contributed by atoms with van der Waals surface area (Å²) in [6, 6.07) is 17.0. The lowest BCUT2D eigenvalue weighted by Gasteiger charge is -2.31. The van der Waals surface area contributed by atoms with E-state index < -0.39 is 0 Å². The maximum Gasteiger partial charge on any atom is 0.409 e. The highest BCUT2D eigenvalue weighted by molar-refractivity contribution is 5.87. The van der Waals surface area contributed by atoms with Gasteiger partial charge in [-0.05, 0) is 49.5 Å². The van der Waals surface area contributed by atoms with Crippen molar-refractivity contribution in [1.29, 1.82) is 0 Å². The minimum atomic E-state index is -0.206. The van der Waals surface area contributed by atoms with E-state index in [4.69, 9.17) is 9.47 Å². The van der Waals surface area contributed by atoms with Gasteiger partial charge >= 0.3 is 6.09 Å². The summed E-state index contributed by atoms with van der Waals surface area (Å²) in [7, 11) is 0. The highest BCUT2D eigenvalue weighted by atomic mass is 16.6. The number of hydrogen-bond acceptors (Lipinski definition) is 3. The Morgan fingerprint density at radius 3 is 2.50 bits per heavy atom. The van der Waals surface area contributed by atoms with Crippen molar-refractivity contribution in [3.63, 3.8) is 0 Å². The summed E-state index contributed by atoms with van der Waals surface area (Å²) in [6.07, 6.45) is 2.51. The molecule has 4 nitrogen and oxygen atoms in total. The average Bonchev–Trinajstić information content (AvgIpc) is 2.70. The standard InChI is InChI=1S/C24H27NO3/c1-3-27-24(26)25-14-12-18(13-15-25)23-20-9-5-4-8-19(20)16-17(2)28-22-11-7-6-10-21(22)23/h4-11,17H,3,12-16H2,1-2H3/t17-/m0/s1. The van der Waals surface area contributed by atoms with Crippen molar-refractivity contribution in [3.8, 4) is 5.75 Å². The fraction of sp³-hybridized carbons (Fsp3) is 0.375. The summed E-state index contributed by atoms with van der Waals surface area (Å²) in [5.41, 5.74) is 6.44. The molecular weight excluding hydrogens is 350 g/mol. The fourth-order valence-electron chi connectivity index (χ4n) is 4.24. The van der Waals surface area contributed by atoms with Crippen molar-refractivity contribution in [1.82, 2.24) is 4.90 Å². The van der Waals surface area contributed by atoms with Gasteiger partial charge in [-0.25, -0.2) is 4.79 Å². The molecule has 1 saturated heterocycles. The predicted molar refractivity (Wildman–Crippen MR) is 111 cm³/mol. The second-order valence-electron chi connectivity index (χ2n) is 7.45. The monoisotopic (exact) mass is 377 g/mol. The van der Waals surface area contributed by atoms with E-state index in [1.807, 2.05) is 17.9 Å². The second kappa shape index (κ2) is 8.09. The molecule has 28 heavy (non-hydrogen) atoms. The Labute approximate surface area is 166 Å².